The smallest absolute Gasteiger partial charge is 0.322 e. The Bertz CT molecular complexity index is 495. The van der Waals surface area contributed by atoms with Gasteiger partial charge in [-0.2, -0.15) is 0 Å². The molecule has 0 heterocycles. The van der Waals surface area contributed by atoms with Crippen LogP contribution < -0.4 is 0 Å². The van der Waals surface area contributed by atoms with Gasteiger partial charge < -0.3 is 14.4 Å². The SMILES string of the molecule is CCOC(=O)C(C(=O)OCC)[C@H](c1ccccc1C)N(C)C. The number of aryl methyl sites for hydroxylation is 1. The molecule has 0 aliphatic heterocycles. The second-order valence-corrected chi connectivity index (χ2v) is 5.25. The Morgan fingerprint density at radius 2 is 1.55 bits per heavy atom. The topological polar surface area (TPSA) is 55.8 Å². The van der Waals surface area contributed by atoms with Crippen molar-refractivity contribution in [2.75, 3.05) is 27.3 Å². The number of esters is 2. The average Bonchev–Trinajstić information content (AvgIpc) is 2.45. The zero-order valence-corrected chi connectivity index (χ0v) is 14.0. The van der Waals surface area contributed by atoms with Crippen molar-refractivity contribution in [3.05, 3.63) is 35.4 Å². The maximum Gasteiger partial charge on any atom is 0.322 e. The second-order valence-electron chi connectivity index (χ2n) is 5.25. The summed E-state index contributed by atoms with van der Waals surface area (Å²) in [5.74, 6) is -2.11. The van der Waals surface area contributed by atoms with Crippen molar-refractivity contribution in [1.29, 1.82) is 0 Å². The minimum absolute atomic E-state index is 0.225. The molecule has 0 unspecified atom stereocenters. The molecule has 0 amide bonds. The lowest BCUT2D eigenvalue weighted by atomic mass is 9.89. The van der Waals surface area contributed by atoms with Gasteiger partial charge >= 0.3 is 11.9 Å². The van der Waals surface area contributed by atoms with Crippen LogP contribution in [0, 0.1) is 12.8 Å². The van der Waals surface area contributed by atoms with Crippen LogP contribution in [0.3, 0.4) is 0 Å². The summed E-state index contributed by atoms with van der Waals surface area (Å²) in [6.45, 7) is 5.85. The van der Waals surface area contributed by atoms with Gasteiger partial charge in [-0.15, -0.1) is 0 Å². The molecule has 1 rings (SSSR count). The highest BCUT2D eigenvalue weighted by molar-refractivity contribution is 5.96. The minimum atomic E-state index is -1.00. The largest absolute Gasteiger partial charge is 0.465 e. The van der Waals surface area contributed by atoms with Crippen molar-refractivity contribution in [1.82, 2.24) is 4.90 Å². The molecule has 0 bridgehead atoms. The highest BCUT2D eigenvalue weighted by Gasteiger charge is 2.40. The van der Waals surface area contributed by atoms with E-state index in [1.165, 1.54) is 0 Å². The molecule has 1 atom stereocenters. The average molecular weight is 307 g/mol. The van der Waals surface area contributed by atoms with E-state index in [-0.39, 0.29) is 13.2 Å². The summed E-state index contributed by atoms with van der Waals surface area (Å²) >= 11 is 0. The van der Waals surface area contributed by atoms with Crippen molar-refractivity contribution in [2.24, 2.45) is 5.92 Å². The lowest BCUT2D eigenvalue weighted by molar-refractivity contribution is -0.165. The molecule has 0 aromatic heterocycles. The predicted molar refractivity (Wildman–Crippen MR) is 84.4 cm³/mol. The Morgan fingerprint density at radius 1 is 1.05 bits per heavy atom. The highest BCUT2D eigenvalue weighted by atomic mass is 16.6. The van der Waals surface area contributed by atoms with Gasteiger partial charge in [-0.05, 0) is 46.0 Å². The van der Waals surface area contributed by atoms with E-state index in [0.717, 1.165) is 11.1 Å². The van der Waals surface area contributed by atoms with E-state index >= 15 is 0 Å². The number of hydrogen-bond donors (Lipinski definition) is 0. The van der Waals surface area contributed by atoms with Gasteiger partial charge in [0.15, 0.2) is 5.92 Å². The standard InChI is InChI=1S/C17H25NO4/c1-6-21-16(19)14(17(20)22-7-2)15(18(4)5)13-11-9-8-10-12(13)3/h8-11,14-15H,6-7H2,1-5H3/t15-/m0/s1. The van der Waals surface area contributed by atoms with E-state index in [4.69, 9.17) is 9.47 Å². The molecule has 0 aliphatic carbocycles. The molecule has 5 heteroatoms. The van der Waals surface area contributed by atoms with E-state index in [9.17, 15) is 9.59 Å². The summed E-state index contributed by atoms with van der Waals surface area (Å²) in [5, 5.41) is 0. The molecule has 0 radical (unpaired) electrons. The summed E-state index contributed by atoms with van der Waals surface area (Å²) < 4.78 is 10.2. The lowest BCUT2D eigenvalue weighted by Gasteiger charge is -2.31. The molecule has 0 saturated carbocycles. The van der Waals surface area contributed by atoms with Gasteiger partial charge in [0.1, 0.15) is 0 Å². The Morgan fingerprint density at radius 3 is 1.95 bits per heavy atom. The van der Waals surface area contributed by atoms with E-state index < -0.39 is 23.9 Å². The summed E-state index contributed by atoms with van der Waals surface area (Å²) in [4.78, 5) is 26.5. The van der Waals surface area contributed by atoms with Gasteiger partial charge in [-0.25, -0.2) is 0 Å². The van der Waals surface area contributed by atoms with Crippen LogP contribution in [0.5, 0.6) is 0 Å². The number of carbonyl (C=O) groups excluding carboxylic acids is 2. The fraction of sp³-hybridized carbons (Fsp3) is 0.529. The van der Waals surface area contributed by atoms with Crippen molar-refractivity contribution >= 4 is 11.9 Å². The summed E-state index contributed by atoms with van der Waals surface area (Å²) in [6, 6.07) is 7.27. The Labute approximate surface area is 132 Å². The van der Waals surface area contributed by atoms with Crippen LogP contribution in [0.2, 0.25) is 0 Å². The molecular formula is C17H25NO4. The van der Waals surface area contributed by atoms with Crippen LogP contribution in [0.25, 0.3) is 0 Å². The van der Waals surface area contributed by atoms with Crippen molar-refractivity contribution in [3.8, 4) is 0 Å². The van der Waals surface area contributed by atoms with Gasteiger partial charge in [-0.3, -0.25) is 9.59 Å². The molecule has 0 aliphatic rings. The third-order valence-corrected chi connectivity index (χ3v) is 3.46. The van der Waals surface area contributed by atoms with Crippen LogP contribution in [0.15, 0.2) is 24.3 Å². The molecule has 0 fully saturated rings. The number of benzene rings is 1. The molecule has 122 valence electrons. The molecule has 1 aromatic carbocycles. The maximum absolute atomic E-state index is 12.3. The van der Waals surface area contributed by atoms with E-state index in [2.05, 4.69) is 0 Å². The van der Waals surface area contributed by atoms with Gasteiger partial charge in [0, 0.05) is 0 Å². The quantitative estimate of drug-likeness (QED) is 0.571. The number of rotatable bonds is 7. The van der Waals surface area contributed by atoms with Crippen molar-refractivity contribution in [2.45, 2.75) is 26.8 Å². The Kier molecular flexibility index (Phi) is 7.05. The van der Waals surface area contributed by atoms with Crippen molar-refractivity contribution < 1.29 is 19.1 Å². The molecule has 22 heavy (non-hydrogen) atoms. The van der Waals surface area contributed by atoms with Crippen molar-refractivity contribution in [3.63, 3.8) is 0 Å². The van der Waals surface area contributed by atoms with E-state index in [1.807, 2.05) is 50.2 Å². The monoisotopic (exact) mass is 307 g/mol. The van der Waals surface area contributed by atoms with E-state index in [1.54, 1.807) is 13.8 Å². The van der Waals surface area contributed by atoms with Crippen LogP contribution in [-0.2, 0) is 19.1 Å². The molecule has 0 N–H and O–H groups in total. The van der Waals surface area contributed by atoms with Crippen LogP contribution in [0.4, 0.5) is 0 Å². The lowest BCUT2D eigenvalue weighted by Crippen LogP contribution is -2.39. The Balaban J connectivity index is 3.29. The zero-order chi connectivity index (χ0) is 16.7. The normalized spacial score (nSPS) is 12.3. The minimum Gasteiger partial charge on any atom is -0.465 e. The first-order valence-electron chi connectivity index (χ1n) is 7.49. The molecule has 0 saturated heterocycles. The molecular weight excluding hydrogens is 282 g/mol. The predicted octanol–water partition coefficient (Wildman–Crippen LogP) is 2.34. The molecule has 1 aromatic rings. The maximum atomic E-state index is 12.3. The third-order valence-electron chi connectivity index (χ3n) is 3.46. The second kappa shape index (κ2) is 8.54. The van der Waals surface area contributed by atoms with Gasteiger partial charge in [-0.1, -0.05) is 24.3 Å². The first-order valence-corrected chi connectivity index (χ1v) is 7.49. The van der Waals surface area contributed by atoms with E-state index in [0.29, 0.717) is 0 Å². The van der Waals surface area contributed by atoms with Crippen LogP contribution in [0.1, 0.15) is 31.0 Å². The Hall–Kier alpha value is -1.88. The number of carbonyl (C=O) groups is 2. The summed E-state index contributed by atoms with van der Waals surface area (Å²) in [5.41, 5.74) is 1.93. The summed E-state index contributed by atoms with van der Waals surface area (Å²) in [7, 11) is 3.67. The molecule has 5 nitrogen and oxygen atoms in total. The number of nitrogens with zero attached hydrogens (tertiary/aromatic N) is 1. The zero-order valence-electron chi connectivity index (χ0n) is 14.0. The first-order chi connectivity index (χ1) is 10.4. The fourth-order valence-corrected chi connectivity index (χ4v) is 2.49. The molecule has 0 spiro atoms. The van der Waals surface area contributed by atoms with Gasteiger partial charge in [0.25, 0.3) is 0 Å². The van der Waals surface area contributed by atoms with Crippen LogP contribution >= 0.6 is 0 Å². The third kappa shape index (κ3) is 4.31. The van der Waals surface area contributed by atoms with Gasteiger partial charge in [0.2, 0.25) is 0 Å². The highest BCUT2D eigenvalue weighted by Crippen LogP contribution is 2.31. The number of ether oxygens (including phenoxy) is 2. The van der Waals surface area contributed by atoms with Crippen LogP contribution in [-0.4, -0.2) is 44.1 Å². The number of hydrogen-bond acceptors (Lipinski definition) is 5. The fourth-order valence-electron chi connectivity index (χ4n) is 2.49. The van der Waals surface area contributed by atoms with Gasteiger partial charge in [0.05, 0.1) is 19.3 Å². The first kappa shape index (κ1) is 18.2. The summed E-state index contributed by atoms with van der Waals surface area (Å²) in [6.07, 6.45) is 0.